The monoisotopic (exact) mass is 267 g/mol. The molecule has 2 rings (SSSR count). The van der Waals surface area contributed by atoms with Crippen molar-refractivity contribution in [3.63, 3.8) is 0 Å². The smallest absolute Gasteiger partial charge is 0.0192 e. The number of rotatable bonds is 7. The predicted molar refractivity (Wildman–Crippen MR) is 82.6 cm³/mol. The van der Waals surface area contributed by atoms with Gasteiger partial charge in [-0.3, -0.25) is 4.90 Å². The first-order chi connectivity index (χ1) is 9.08. The van der Waals surface area contributed by atoms with E-state index in [4.69, 9.17) is 0 Å². The van der Waals surface area contributed by atoms with Crippen LogP contribution in [0.3, 0.4) is 0 Å². The molecule has 0 radical (unpaired) electrons. The first-order valence-electron chi connectivity index (χ1n) is 8.24. The van der Waals surface area contributed by atoms with Gasteiger partial charge in [0.25, 0.3) is 0 Å². The zero-order chi connectivity index (χ0) is 13.9. The minimum absolute atomic E-state index is 0.484. The number of nitrogens with zero attached hydrogens (tertiary/aromatic N) is 2. The molecule has 1 saturated carbocycles. The van der Waals surface area contributed by atoms with Gasteiger partial charge in [-0.05, 0) is 45.1 Å². The molecule has 1 heterocycles. The molecular formula is C16H33N3. The Morgan fingerprint density at radius 1 is 1.16 bits per heavy atom. The van der Waals surface area contributed by atoms with E-state index in [9.17, 15) is 0 Å². The molecule has 0 spiro atoms. The van der Waals surface area contributed by atoms with Gasteiger partial charge in [0.05, 0.1) is 0 Å². The van der Waals surface area contributed by atoms with Crippen LogP contribution >= 0.6 is 0 Å². The molecule has 2 fully saturated rings. The van der Waals surface area contributed by atoms with Crippen LogP contribution in [0.5, 0.6) is 0 Å². The maximum atomic E-state index is 3.77. The van der Waals surface area contributed by atoms with Gasteiger partial charge in [-0.15, -0.1) is 0 Å². The Morgan fingerprint density at radius 2 is 1.84 bits per heavy atom. The summed E-state index contributed by atoms with van der Waals surface area (Å²) >= 11 is 0. The van der Waals surface area contributed by atoms with Crippen LogP contribution in [0.25, 0.3) is 0 Å². The van der Waals surface area contributed by atoms with Gasteiger partial charge in [-0.2, -0.15) is 0 Å². The van der Waals surface area contributed by atoms with E-state index in [0.29, 0.717) is 11.5 Å². The largest absolute Gasteiger partial charge is 0.313 e. The van der Waals surface area contributed by atoms with Crippen LogP contribution < -0.4 is 5.32 Å². The van der Waals surface area contributed by atoms with Crippen molar-refractivity contribution in [2.75, 3.05) is 39.8 Å². The lowest BCUT2D eigenvalue weighted by Gasteiger charge is -2.43. The summed E-state index contributed by atoms with van der Waals surface area (Å²) in [7, 11) is 2.25. The summed E-state index contributed by atoms with van der Waals surface area (Å²) in [6.07, 6.45) is 5.39. The third-order valence-electron chi connectivity index (χ3n) is 5.45. The maximum absolute atomic E-state index is 3.77. The van der Waals surface area contributed by atoms with Gasteiger partial charge in [-0.25, -0.2) is 0 Å². The van der Waals surface area contributed by atoms with E-state index in [2.05, 4.69) is 42.9 Å². The fourth-order valence-electron chi connectivity index (χ4n) is 3.17. The van der Waals surface area contributed by atoms with Crippen molar-refractivity contribution in [2.24, 2.45) is 5.41 Å². The van der Waals surface area contributed by atoms with Crippen molar-refractivity contribution in [3.8, 4) is 0 Å². The third kappa shape index (κ3) is 4.17. The highest BCUT2D eigenvalue weighted by molar-refractivity contribution is 4.90. The second-order valence-corrected chi connectivity index (χ2v) is 6.93. The lowest BCUT2D eigenvalue weighted by molar-refractivity contribution is 0.0596. The summed E-state index contributed by atoms with van der Waals surface area (Å²) in [6.45, 7) is 13.3. The second kappa shape index (κ2) is 6.55. The van der Waals surface area contributed by atoms with Crippen molar-refractivity contribution in [1.29, 1.82) is 0 Å². The summed E-state index contributed by atoms with van der Waals surface area (Å²) in [5.74, 6) is 0. The fraction of sp³-hybridized carbons (Fsp3) is 1.00. The summed E-state index contributed by atoms with van der Waals surface area (Å²) < 4.78 is 0. The molecule has 1 atom stereocenters. The molecule has 2 aliphatic rings. The van der Waals surface area contributed by atoms with Crippen LogP contribution in [-0.4, -0.2) is 61.7 Å². The maximum Gasteiger partial charge on any atom is 0.0192 e. The first-order valence-corrected chi connectivity index (χ1v) is 8.24. The van der Waals surface area contributed by atoms with Gasteiger partial charge in [0.2, 0.25) is 0 Å². The first kappa shape index (κ1) is 15.3. The normalized spacial score (nSPS) is 26.8. The van der Waals surface area contributed by atoms with E-state index < -0.39 is 0 Å². The average Bonchev–Trinajstić information content (AvgIpc) is 3.23. The fourth-order valence-corrected chi connectivity index (χ4v) is 3.17. The van der Waals surface area contributed by atoms with Crippen molar-refractivity contribution in [3.05, 3.63) is 0 Å². The highest BCUT2D eigenvalue weighted by atomic mass is 15.3. The number of piperazine rings is 1. The third-order valence-corrected chi connectivity index (χ3v) is 5.45. The van der Waals surface area contributed by atoms with Gasteiger partial charge < -0.3 is 10.2 Å². The van der Waals surface area contributed by atoms with Crippen LogP contribution in [0.2, 0.25) is 0 Å². The second-order valence-electron chi connectivity index (χ2n) is 6.93. The minimum Gasteiger partial charge on any atom is -0.313 e. The van der Waals surface area contributed by atoms with Crippen molar-refractivity contribution in [1.82, 2.24) is 15.1 Å². The van der Waals surface area contributed by atoms with E-state index in [0.717, 1.165) is 6.04 Å². The van der Waals surface area contributed by atoms with Crippen molar-refractivity contribution in [2.45, 2.75) is 58.5 Å². The lowest BCUT2D eigenvalue weighted by Crippen LogP contribution is -2.54. The Kier molecular flexibility index (Phi) is 5.27. The molecule has 1 saturated heterocycles. The molecule has 0 aromatic heterocycles. The molecule has 1 aliphatic heterocycles. The Hall–Kier alpha value is -0.120. The molecule has 112 valence electrons. The number of nitrogens with one attached hydrogen (secondary N) is 1. The molecule has 0 aromatic rings. The van der Waals surface area contributed by atoms with E-state index in [-0.39, 0.29) is 0 Å². The Bertz CT molecular complexity index is 271. The lowest BCUT2D eigenvalue weighted by atomic mass is 9.81. The van der Waals surface area contributed by atoms with Gasteiger partial charge in [0.1, 0.15) is 0 Å². The van der Waals surface area contributed by atoms with Gasteiger partial charge in [-0.1, -0.05) is 13.8 Å². The van der Waals surface area contributed by atoms with Crippen LogP contribution in [0.4, 0.5) is 0 Å². The van der Waals surface area contributed by atoms with E-state index in [1.54, 1.807) is 0 Å². The predicted octanol–water partition coefficient (Wildman–Crippen LogP) is 2.18. The van der Waals surface area contributed by atoms with E-state index in [1.165, 1.54) is 58.4 Å². The summed E-state index contributed by atoms with van der Waals surface area (Å²) in [5.41, 5.74) is 0.484. The molecule has 3 heteroatoms. The molecule has 3 nitrogen and oxygen atoms in total. The molecule has 1 aliphatic carbocycles. The molecule has 0 aromatic carbocycles. The average molecular weight is 267 g/mol. The van der Waals surface area contributed by atoms with Crippen LogP contribution in [-0.2, 0) is 0 Å². The number of likely N-dealkylation sites (N-methyl/N-ethyl adjacent to an activating group) is 1. The van der Waals surface area contributed by atoms with Crippen molar-refractivity contribution < 1.29 is 0 Å². The number of hydrogen-bond donors (Lipinski definition) is 1. The molecule has 0 amide bonds. The zero-order valence-corrected chi connectivity index (χ0v) is 13.4. The number of hydrogen-bond acceptors (Lipinski definition) is 3. The Labute approximate surface area is 119 Å². The standard InChI is InChI=1S/C16H33N3/c1-5-16(6-2,12-17-15-7-8-15)13-19-10-9-18(4)14(3)11-19/h14-15,17H,5-13H2,1-4H3. The summed E-state index contributed by atoms with van der Waals surface area (Å²) in [6, 6.07) is 1.54. The quantitative estimate of drug-likeness (QED) is 0.763. The molecular weight excluding hydrogens is 234 g/mol. The van der Waals surface area contributed by atoms with Gasteiger partial charge in [0, 0.05) is 44.8 Å². The Balaban J connectivity index is 1.87. The SMILES string of the molecule is CCC(CC)(CNC1CC1)CN1CCN(C)C(C)C1. The minimum atomic E-state index is 0.484. The van der Waals surface area contributed by atoms with Crippen LogP contribution in [0.1, 0.15) is 46.5 Å². The highest BCUT2D eigenvalue weighted by Gasteiger charge is 2.33. The van der Waals surface area contributed by atoms with Crippen LogP contribution in [0.15, 0.2) is 0 Å². The van der Waals surface area contributed by atoms with Crippen molar-refractivity contribution >= 4 is 0 Å². The topological polar surface area (TPSA) is 18.5 Å². The summed E-state index contributed by atoms with van der Waals surface area (Å²) in [5, 5.41) is 3.77. The zero-order valence-electron chi connectivity index (χ0n) is 13.4. The summed E-state index contributed by atoms with van der Waals surface area (Å²) in [4.78, 5) is 5.19. The Morgan fingerprint density at radius 3 is 2.37 bits per heavy atom. The van der Waals surface area contributed by atoms with Crippen LogP contribution in [0, 0.1) is 5.41 Å². The molecule has 1 unspecified atom stereocenters. The van der Waals surface area contributed by atoms with E-state index >= 15 is 0 Å². The van der Waals surface area contributed by atoms with Gasteiger partial charge in [0.15, 0.2) is 0 Å². The van der Waals surface area contributed by atoms with Gasteiger partial charge >= 0.3 is 0 Å². The molecule has 19 heavy (non-hydrogen) atoms. The highest BCUT2D eigenvalue weighted by Crippen LogP contribution is 2.30. The molecule has 0 bridgehead atoms. The van der Waals surface area contributed by atoms with E-state index in [1.807, 2.05) is 0 Å². The molecule has 1 N–H and O–H groups in total.